The van der Waals surface area contributed by atoms with Crippen molar-refractivity contribution in [2.24, 2.45) is 0 Å². The van der Waals surface area contributed by atoms with E-state index in [4.69, 9.17) is 4.42 Å². The first kappa shape index (κ1) is 26.0. The van der Waals surface area contributed by atoms with Crippen LogP contribution in [0.5, 0.6) is 0 Å². The summed E-state index contributed by atoms with van der Waals surface area (Å²) in [7, 11) is -1.43. The van der Waals surface area contributed by atoms with Crippen molar-refractivity contribution in [2.45, 2.75) is 69.2 Å². The summed E-state index contributed by atoms with van der Waals surface area (Å²) in [5.74, 6) is 0.905. The van der Waals surface area contributed by atoms with Crippen molar-refractivity contribution < 1.29 is 26.6 Å². The molecule has 184 valence electrons. The molecule has 1 N–H and O–H groups in total. The number of carbonyl (C=O) groups is 1. The summed E-state index contributed by atoms with van der Waals surface area (Å²) in [6.45, 7) is 4.48. The zero-order valence-corrected chi connectivity index (χ0v) is 20.3. The number of fused-ring (bicyclic) bond motifs is 1. The van der Waals surface area contributed by atoms with Crippen molar-refractivity contribution >= 4 is 27.7 Å². The van der Waals surface area contributed by atoms with Crippen LogP contribution in [-0.4, -0.2) is 16.7 Å². The maximum absolute atomic E-state index is 12.9. The summed E-state index contributed by atoms with van der Waals surface area (Å²) in [6, 6.07) is 10.0. The van der Waals surface area contributed by atoms with Crippen molar-refractivity contribution in [3.63, 3.8) is 0 Å². The molecule has 0 aliphatic rings. The monoisotopic (exact) mass is 493 g/mol. The zero-order chi connectivity index (χ0) is 24.7. The van der Waals surface area contributed by atoms with Crippen molar-refractivity contribution in [1.82, 2.24) is 5.32 Å². The Hall–Kier alpha value is -2.61. The largest absolute Gasteiger partial charge is 0.461 e. The van der Waals surface area contributed by atoms with Crippen LogP contribution in [-0.2, 0) is 33.9 Å². The lowest BCUT2D eigenvalue weighted by Gasteiger charge is -2.08. The van der Waals surface area contributed by atoms with Gasteiger partial charge in [0.05, 0.1) is 22.1 Å². The molecule has 1 amide bonds. The molecule has 0 bridgehead atoms. The predicted molar refractivity (Wildman–Crippen MR) is 128 cm³/mol. The van der Waals surface area contributed by atoms with Crippen LogP contribution in [0, 0.1) is 6.92 Å². The predicted octanol–water partition coefficient (Wildman–Crippen LogP) is 6.70. The Kier molecular flexibility index (Phi) is 8.94. The smallest absolute Gasteiger partial charge is 0.416 e. The van der Waals surface area contributed by atoms with Crippen LogP contribution in [0.2, 0.25) is 0 Å². The number of furan rings is 1. The summed E-state index contributed by atoms with van der Waals surface area (Å²) < 4.78 is 57.0. The fourth-order valence-electron chi connectivity index (χ4n) is 3.85. The highest BCUT2D eigenvalue weighted by Crippen LogP contribution is 2.30. The van der Waals surface area contributed by atoms with Crippen molar-refractivity contribution in [3.8, 4) is 0 Å². The molecule has 1 heterocycles. The molecule has 0 radical (unpaired) electrons. The first-order valence-electron chi connectivity index (χ1n) is 11.5. The molecule has 0 fully saturated rings. The minimum absolute atomic E-state index is 0.0416. The molecule has 0 aliphatic carbocycles. The van der Waals surface area contributed by atoms with Crippen molar-refractivity contribution in [2.75, 3.05) is 6.54 Å². The molecular formula is C26H30F3NO3S. The molecule has 0 saturated heterocycles. The van der Waals surface area contributed by atoms with Gasteiger partial charge in [0, 0.05) is 28.8 Å². The van der Waals surface area contributed by atoms with Gasteiger partial charge in [-0.25, -0.2) is 0 Å². The quantitative estimate of drug-likeness (QED) is 0.303. The first-order chi connectivity index (χ1) is 16.2. The summed E-state index contributed by atoms with van der Waals surface area (Å²) in [4.78, 5) is 12.6. The third kappa shape index (κ3) is 6.95. The Bertz CT molecular complexity index is 1140. The average Bonchev–Trinajstić information content (AvgIpc) is 3.11. The molecule has 1 aromatic heterocycles. The lowest BCUT2D eigenvalue weighted by molar-refractivity contribution is -0.137. The molecule has 4 nitrogen and oxygen atoms in total. The number of nitrogens with one attached hydrogen (secondary N) is 1. The highest BCUT2D eigenvalue weighted by molar-refractivity contribution is 7.84. The van der Waals surface area contributed by atoms with E-state index in [9.17, 15) is 22.2 Å². The van der Waals surface area contributed by atoms with E-state index in [1.807, 2.05) is 13.0 Å². The Morgan fingerprint density at radius 3 is 2.47 bits per heavy atom. The Balaban J connectivity index is 1.65. The lowest BCUT2D eigenvalue weighted by atomic mass is 10.1. The number of halogens is 3. The van der Waals surface area contributed by atoms with E-state index in [1.54, 1.807) is 12.1 Å². The van der Waals surface area contributed by atoms with E-state index in [0.29, 0.717) is 35.4 Å². The maximum atomic E-state index is 12.9. The van der Waals surface area contributed by atoms with Crippen LogP contribution in [0.15, 0.2) is 51.8 Å². The number of rotatable bonds is 11. The molecule has 8 heteroatoms. The van der Waals surface area contributed by atoms with Gasteiger partial charge in [-0.15, -0.1) is 0 Å². The van der Waals surface area contributed by atoms with Gasteiger partial charge in [0.25, 0.3) is 0 Å². The van der Waals surface area contributed by atoms with E-state index >= 15 is 0 Å². The van der Waals surface area contributed by atoms with Gasteiger partial charge >= 0.3 is 6.18 Å². The van der Waals surface area contributed by atoms with E-state index < -0.39 is 22.5 Å². The van der Waals surface area contributed by atoms with Gasteiger partial charge < -0.3 is 9.73 Å². The van der Waals surface area contributed by atoms with Gasteiger partial charge in [0.2, 0.25) is 5.91 Å². The van der Waals surface area contributed by atoms with E-state index in [-0.39, 0.29) is 11.7 Å². The topological polar surface area (TPSA) is 59.3 Å². The lowest BCUT2D eigenvalue weighted by Crippen LogP contribution is -2.25. The van der Waals surface area contributed by atoms with Gasteiger partial charge in [0.1, 0.15) is 11.3 Å². The van der Waals surface area contributed by atoms with Gasteiger partial charge in [-0.05, 0) is 55.7 Å². The number of benzene rings is 2. The van der Waals surface area contributed by atoms with E-state index in [2.05, 4.69) is 12.2 Å². The Morgan fingerprint density at radius 1 is 1.06 bits per heavy atom. The van der Waals surface area contributed by atoms with Gasteiger partial charge in [-0.1, -0.05) is 38.3 Å². The highest BCUT2D eigenvalue weighted by Gasteiger charge is 2.30. The summed E-state index contributed by atoms with van der Waals surface area (Å²) >= 11 is 0. The fraction of sp³-hybridized carbons (Fsp3) is 0.423. The molecule has 0 spiro atoms. The van der Waals surface area contributed by atoms with Crippen molar-refractivity contribution in [3.05, 3.63) is 64.9 Å². The Morgan fingerprint density at radius 2 is 1.79 bits per heavy atom. The van der Waals surface area contributed by atoms with E-state index in [1.165, 1.54) is 12.1 Å². The SMILES string of the molecule is CCCCCCC(=O)NCCc1c(C)oc2ccc(S(=O)Cc3ccc(C(F)(F)F)cc3)cc12. The number of hydrogen-bond donors (Lipinski definition) is 1. The molecule has 1 atom stereocenters. The van der Waals surface area contributed by atoms with Crippen LogP contribution in [0.4, 0.5) is 13.2 Å². The molecular weight excluding hydrogens is 463 g/mol. The summed E-state index contributed by atoms with van der Waals surface area (Å²) in [5.41, 5.74) is 1.47. The summed E-state index contributed by atoms with van der Waals surface area (Å²) in [5, 5.41) is 3.79. The minimum atomic E-state index is -4.40. The number of aryl methyl sites for hydroxylation is 1. The molecule has 0 aliphatic heterocycles. The molecule has 2 aromatic carbocycles. The summed E-state index contributed by atoms with van der Waals surface area (Å²) in [6.07, 6.45) is 0.935. The van der Waals surface area contributed by atoms with Crippen molar-refractivity contribution in [1.29, 1.82) is 0 Å². The van der Waals surface area contributed by atoms with Crippen LogP contribution in [0.1, 0.15) is 61.5 Å². The number of amides is 1. The number of carbonyl (C=O) groups excluding carboxylic acids is 1. The zero-order valence-electron chi connectivity index (χ0n) is 19.5. The first-order valence-corrected chi connectivity index (χ1v) is 12.8. The van der Waals surface area contributed by atoms with Crippen LogP contribution >= 0.6 is 0 Å². The second-order valence-corrected chi connectivity index (χ2v) is 9.84. The van der Waals surface area contributed by atoms with Gasteiger partial charge in [-0.2, -0.15) is 13.2 Å². The van der Waals surface area contributed by atoms with Gasteiger partial charge in [-0.3, -0.25) is 9.00 Å². The molecule has 3 aromatic rings. The molecule has 0 saturated carbocycles. The second-order valence-electron chi connectivity index (χ2n) is 8.39. The number of hydrogen-bond acceptors (Lipinski definition) is 3. The molecule has 1 unspecified atom stereocenters. The Labute approximate surface area is 200 Å². The highest BCUT2D eigenvalue weighted by atomic mass is 32.2. The second kappa shape index (κ2) is 11.7. The van der Waals surface area contributed by atoms with Crippen LogP contribution < -0.4 is 5.32 Å². The van der Waals surface area contributed by atoms with Gasteiger partial charge in [0.15, 0.2) is 0 Å². The fourth-order valence-corrected chi connectivity index (χ4v) is 4.99. The maximum Gasteiger partial charge on any atom is 0.416 e. The minimum Gasteiger partial charge on any atom is -0.461 e. The number of alkyl halides is 3. The third-order valence-electron chi connectivity index (χ3n) is 5.76. The molecule has 3 rings (SSSR count). The molecule has 34 heavy (non-hydrogen) atoms. The van der Waals surface area contributed by atoms with Crippen LogP contribution in [0.25, 0.3) is 11.0 Å². The normalized spacial score (nSPS) is 12.7. The average molecular weight is 494 g/mol. The third-order valence-corrected chi connectivity index (χ3v) is 7.14. The number of unbranched alkanes of at least 4 members (excludes halogenated alkanes) is 3. The van der Waals surface area contributed by atoms with Crippen LogP contribution in [0.3, 0.4) is 0 Å². The van der Waals surface area contributed by atoms with E-state index in [0.717, 1.165) is 54.5 Å². The standard InChI is InChI=1S/C26H30F3NO3S/c1-3-4-5-6-7-25(31)30-15-14-22-18(2)33-24-13-12-21(16-23(22)24)34(32)17-19-8-10-20(11-9-19)26(27,28)29/h8-13,16H,3-7,14-15,17H2,1-2H3,(H,30,31).